The molecule has 0 aliphatic heterocycles. The summed E-state index contributed by atoms with van der Waals surface area (Å²) in [6.07, 6.45) is 5.01. The highest BCUT2D eigenvalue weighted by Crippen LogP contribution is 2.50. The molecule has 2 rings (SSSR count). The zero-order valence-electron chi connectivity index (χ0n) is 22.5. The van der Waals surface area contributed by atoms with Crippen molar-refractivity contribution in [2.75, 3.05) is 19.3 Å². The first-order valence-electron chi connectivity index (χ1n) is 13.6. The summed E-state index contributed by atoms with van der Waals surface area (Å²) >= 11 is 0. The van der Waals surface area contributed by atoms with E-state index in [9.17, 15) is 18.9 Å². The Balaban J connectivity index is 1.62. The maximum atomic E-state index is 13.4. The second kappa shape index (κ2) is 19.1. The molecule has 0 saturated carbocycles. The van der Waals surface area contributed by atoms with Crippen molar-refractivity contribution in [3.63, 3.8) is 0 Å². The molecule has 0 aliphatic rings. The number of unbranched alkanes of at least 4 members (excludes halogenated alkanes) is 4. The number of nitrogens with one attached hydrogen (secondary N) is 2. The smallest absolute Gasteiger partial charge is 0.331 e. The van der Waals surface area contributed by atoms with Gasteiger partial charge in [-0.2, -0.15) is 0 Å². The Kier molecular flexibility index (Phi) is 15.8. The van der Waals surface area contributed by atoms with E-state index in [1.807, 2.05) is 60.7 Å². The Morgan fingerprint density at radius 3 is 1.59 bits per heavy atom. The Morgan fingerprint density at radius 2 is 1.10 bits per heavy atom. The molecule has 2 aromatic carbocycles. The van der Waals surface area contributed by atoms with Crippen molar-refractivity contribution >= 4 is 25.4 Å². The van der Waals surface area contributed by atoms with Crippen molar-refractivity contribution in [3.05, 3.63) is 71.8 Å². The molecule has 0 fully saturated rings. The maximum Gasteiger partial charge on any atom is 0.331 e. The second-order valence-corrected chi connectivity index (χ2v) is 11.5. The minimum Gasteiger partial charge on any atom is -0.481 e. The van der Waals surface area contributed by atoms with E-state index < -0.39 is 13.6 Å². The SMILES string of the molecule is O=C(O)CCCCCNC(=O)CCCCCNC(=O)CCP(=O)(OCc1ccccc1)OCc1ccccc1. The van der Waals surface area contributed by atoms with E-state index in [0.29, 0.717) is 25.9 Å². The van der Waals surface area contributed by atoms with Crippen molar-refractivity contribution < 1.29 is 33.1 Å². The van der Waals surface area contributed by atoms with Crippen LogP contribution < -0.4 is 10.6 Å². The fourth-order valence-electron chi connectivity index (χ4n) is 3.70. The van der Waals surface area contributed by atoms with Gasteiger partial charge in [-0.1, -0.05) is 73.5 Å². The number of aliphatic carboxylic acids is 1. The third-order valence-electron chi connectivity index (χ3n) is 5.95. The number of carboxylic acid groups (broad SMARTS) is 1. The van der Waals surface area contributed by atoms with E-state index in [1.54, 1.807) is 0 Å². The van der Waals surface area contributed by atoms with E-state index >= 15 is 0 Å². The lowest BCUT2D eigenvalue weighted by atomic mass is 10.1. The highest BCUT2D eigenvalue weighted by molar-refractivity contribution is 7.53. The first-order chi connectivity index (χ1) is 18.9. The van der Waals surface area contributed by atoms with Crippen molar-refractivity contribution in [3.8, 4) is 0 Å². The molecule has 39 heavy (non-hydrogen) atoms. The van der Waals surface area contributed by atoms with Gasteiger partial charge in [0, 0.05) is 32.4 Å². The van der Waals surface area contributed by atoms with Crippen LogP contribution in [-0.4, -0.2) is 42.1 Å². The number of hydrogen-bond donors (Lipinski definition) is 3. The average Bonchev–Trinajstić information content (AvgIpc) is 2.94. The topological polar surface area (TPSA) is 131 Å². The molecule has 0 spiro atoms. The zero-order valence-corrected chi connectivity index (χ0v) is 23.4. The monoisotopic (exact) mass is 560 g/mol. The van der Waals surface area contributed by atoms with E-state index in [0.717, 1.165) is 43.2 Å². The Labute approximate surface area is 231 Å². The minimum absolute atomic E-state index is 0.0148. The Morgan fingerprint density at radius 1 is 0.641 bits per heavy atom. The van der Waals surface area contributed by atoms with Crippen LogP contribution in [-0.2, 0) is 41.2 Å². The molecular weight excluding hydrogens is 519 g/mol. The molecule has 0 unspecified atom stereocenters. The van der Waals surface area contributed by atoms with Crippen molar-refractivity contribution in [1.82, 2.24) is 10.6 Å². The van der Waals surface area contributed by atoms with Gasteiger partial charge in [0.05, 0.1) is 19.4 Å². The maximum absolute atomic E-state index is 13.4. The second-order valence-electron chi connectivity index (χ2n) is 9.32. The van der Waals surface area contributed by atoms with Gasteiger partial charge in [0.25, 0.3) is 0 Å². The van der Waals surface area contributed by atoms with Crippen LogP contribution in [0.3, 0.4) is 0 Å². The van der Waals surface area contributed by atoms with E-state index in [2.05, 4.69) is 10.6 Å². The van der Waals surface area contributed by atoms with Gasteiger partial charge in [-0.3, -0.25) is 18.9 Å². The van der Waals surface area contributed by atoms with Gasteiger partial charge in [-0.15, -0.1) is 0 Å². The molecule has 0 aromatic heterocycles. The molecule has 0 saturated heterocycles. The lowest BCUT2D eigenvalue weighted by molar-refractivity contribution is -0.137. The van der Waals surface area contributed by atoms with Crippen LogP contribution in [0.15, 0.2) is 60.7 Å². The zero-order chi connectivity index (χ0) is 28.2. The summed E-state index contributed by atoms with van der Waals surface area (Å²) in [6, 6.07) is 18.8. The molecule has 9 nitrogen and oxygen atoms in total. The van der Waals surface area contributed by atoms with Gasteiger partial charge in [-0.05, 0) is 36.8 Å². The number of carbonyl (C=O) groups is 3. The Hall–Kier alpha value is -3.00. The largest absolute Gasteiger partial charge is 0.481 e. The summed E-state index contributed by atoms with van der Waals surface area (Å²) in [6.45, 7) is 1.30. The number of amides is 2. The van der Waals surface area contributed by atoms with E-state index in [1.165, 1.54) is 0 Å². The fourth-order valence-corrected chi connectivity index (χ4v) is 5.20. The lowest BCUT2D eigenvalue weighted by Gasteiger charge is -2.19. The van der Waals surface area contributed by atoms with Crippen LogP contribution in [0.1, 0.15) is 68.9 Å². The van der Waals surface area contributed by atoms with Crippen LogP contribution in [0.5, 0.6) is 0 Å². The van der Waals surface area contributed by atoms with Crippen LogP contribution >= 0.6 is 7.60 Å². The van der Waals surface area contributed by atoms with Crippen LogP contribution in [0, 0.1) is 0 Å². The molecule has 0 atom stereocenters. The summed E-state index contributed by atoms with van der Waals surface area (Å²) in [5, 5.41) is 14.3. The van der Waals surface area contributed by atoms with Crippen molar-refractivity contribution in [2.45, 2.75) is 71.0 Å². The number of rotatable bonds is 21. The van der Waals surface area contributed by atoms with Gasteiger partial charge in [0.15, 0.2) is 0 Å². The predicted molar refractivity (Wildman–Crippen MR) is 150 cm³/mol. The third-order valence-corrected chi connectivity index (χ3v) is 7.76. The molecule has 0 aliphatic carbocycles. The lowest BCUT2D eigenvalue weighted by Crippen LogP contribution is -2.26. The highest BCUT2D eigenvalue weighted by Gasteiger charge is 2.26. The number of benzene rings is 2. The van der Waals surface area contributed by atoms with Gasteiger partial charge in [-0.25, -0.2) is 0 Å². The molecule has 0 bridgehead atoms. The van der Waals surface area contributed by atoms with Gasteiger partial charge >= 0.3 is 13.6 Å². The van der Waals surface area contributed by atoms with Gasteiger partial charge in [0.2, 0.25) is 11.8 Å². The Bertz CT molecular complexity index is 987. The molecule has 0 radical (unpaired) electrons. The minimum atomic E-state index is -3.52. The van der Waals surface area contributed by atoms with Crippen LogP contribution in [0.2, 0.25) is 0 Å². The van der Waals surface area contributed by atoms with Gasteiger partial charge < -0.3 is 24.8 Å². The number of carboxylic acids is 1. The quantitative estimate of drug-likeness (QED) is 0.137. The molecule has 2 amide bonds. The van der Waals surface area contributed by atoms with Crippen LogP contribution in [0.25, 0.3) is 0 Å². The van der Waals surface area contributed by atoms with E-state index in [-0.39, 0.29) is 44.0 Å². The highest BCUT2D eigenvalue weighted by atomic mass is 31.2. The number of carbonyl (C=O) groups excluding carboxylic acids is 2. The van der Waals surface area contributed by atoms with Crippen molar-refractivity contribution in [2.24, 2.45) is 0 Å². The predicted octanol–water partition coefficient (Wildman–Crippen LogP) is 5.44. The summed E-state index contributed by atoms with van der Waals surface area (Å²) < 4.78 is 24.8. The average molecular weight is 561 g/mol. The third kappa shape index (κ3) is 15.9. The standard InChI is InChI=1S/C29H41N2O7P/c32-27(30-20-12-4-10-18-29(34)35)17-9-3-11-21-31-28(33)19-22-39(36,37-23-25-13-5-1-6-14-25)38-24-26-15-7-2-8-16-26/h1-2,5-8,13-16H,3-4,9-12,17-24H2,(H,30,32)(H,31,33)(H,34,35). The first kappa shape index (κ1) is 32.2. The molecule has 3 N–H and O–H groups in total. The summed E-state index contributed by atoms with van der Waals surface area (Å²) in [4.78, 5) is 34.7. The van der Waals surface area contributed by atoms with E-state index in [4.69, 9.17) is 14.2 Å². The molecule has 214 valence electrons. The van der Waals surface area contributed by atoms with Gasteiger partial charge in [0.1, 0.15) is 0 Å². The molecule has 0 heterocycles. The normalized spacial score (nSPS) is 11.2. The summed E-state index contributed by atoms with van der Waals surface area (Å²) in [7, 11) is -3.52. The molecule has 2 aromatic rings. The molecular formula is C29H41N2O7P. The van der Waals surface area contributed by atoms with Crippen molar-refractivity contribution in [1.29, 1.82) is 0 Å². The fraction of sp³-hybridized carbons (Fsp3) is 0.483. The molecule has 10 heteroatoms. The van der Waals surface area contributed by atoms with Crippen LogP contribution in [0.4, 0.5) is 0 Å². The summed E-state index contributed by atoms with van der Waals surface area (Å²) in [5.41, 5.74) is 1.74. The first-order valence-corrected chi connectivity index (χ1v) is 15.3. The summed E-state index contributed by atoms with van der Waals surface area (Å²) in [5.74, 6) is -1.03. The number of hydrogen-bond acceptors (Lipinski definition) is 6.